The number of aromatic carboxylic acids is 1. The van der Waals surface area contributed by atoms with Crippen molar-refractivity contribution in [1.82, 2.24) is 0 Å². The number of benzene rings is 3. The molecule has 3 aromatic rings. The van der Waals surface area contributed by atoms with Crippen molar-refractivity contribution in [2.45, 2.75) is 6.92 Å². The van der Waals surface area contributed by atoms with Crippen LogP contribution in [0.5, 0.6) is 0 Å². The molecule has 3 rings (SSSR count). The maximum atomic E-state index is 11.8. The van der Waals surface area contributed by atoms with Gasteiger partial charge >= 0.3 is 5.97 Å². The lowest BCUT2D eigenvalue weighted by Gasteiger charge is -2.11. The van der Waals surface area contributed by atoms with Gasteiger partial charge in [-0.1, -0.05) is 48.2 Å². The molecule has 0 fully saturated rings. The van der Waals surface area contributed by atoms with Gasteiger partial charge in [0, 0.05) is 29.3 Å². The lowest BCUT2D eigenvalue weighted by Crippen LogP contribution is -2.06. The Morgan fingerprint density at radius 1 is 0.889 bits per heavy atom. The zero-order chi connectivity index (χ0) is 19.2. The molecule has 0 aliphatic carbocycles. The number of anilines is 1. The number of hydrogen-bond donors (Lipinski definition) is 2. The molecule has 4 nitrogen and oxygen atoms in total. The summed E-state index contributed by atoms with van der Waals surface area (Å²) in [6.07, 6.45) is 0. The molecule has 0 heterocycles. The van der Waals surface area contributed by atoms with Gasteiger partial charge in [0.25, 0.3) is 0 Å². The van der Waals surface area contributed by atoms with Crippen LogP contribution in [0.15, 0.2) is 72.8 Å². The molecular formula is C23H17NO3. The van der Waals surface area contributed by atoms with Gasteiger partial charge in [-0.05, 0) is 42.0 Å². The first-order valence-electron chi connectivity index (χ1n) is 8.36. The number of carbonyl (C=O) groups is 2. The zero-order valence-corrected chi connectivity index (χ0v) is 14.7. The normalized spacial score (nSPS) is 9.81. The topological polar surface area (TPSA) is 66.4 Å². The van der Waals surface area contributed by atoms with Crippen LogP contribution in [0.3, 0.4) is 0 Å². The predicted octanol–water partition coefficient (Wildman–Crippen LogP) is 4.41. The number of nitrogens with one attached hydrogen (secondary N) is 1. The molecule has 1 amide bonds. The number of amides is 1. The first kappa shape index (κ1) is 18.0. The minimum atomic E-state index is -1.03. The molecule has 0 aliphatic rings. The van der Waals surface area contributed by atoms with Crippen molar-refractivity contribution >= 4 is 17.6 Å². The first-order chi connectivity index (χ1) is 13.0. The molecule has 0 saturated heterocycles. The molecule has 0 radical (unpaired) electrons. The molecule has 27 heavy (non-hydrogen) atoms. The van der Waals surface area contributed by atoms with Crippen LogP contribution >= 0.6 is 0 Å². The Bertz CT molecular complexity index is 1060. The fraction of sp³-hybridized carbons (Fsp3) is 0.0435. The van der Waals surface area contributed by atoms with E-state index in [0.717, 1.165) is 5.56 Å². The highest BCUT2D eigenvalue weighted by Gasteiger charge is 2.15. The maximum Gasteiger partial charge on any atom is 0.336 e. The fourth-order valence-corrected chi connectivity index (χ4v) is 2.76. The van der Waals surface area contributed by atoms with Crippen LogP contribution in [-0.2, 0) is 4.79 Å². The van der Waals surface area contributed by atoms with Crippen molar-refractivity contribution in [3.8, 4) is 23.0 Å². The molecule has 2 N–H and O–H groups in total. The lowest BCUT2D eigenvalue weighted by molar-refractivity contribution is -0.114. The third-order valence-electron chi connectivity index (χ3n) is 3.88. The Kier molecular flexibility index (Phi) is 5.34. The SMILES string of the molecule is CC(=O)Nc1cccc(-c2c(C#Cc3ccccc3)cccc2C(=O)O)c1. The highest BCUT2D eigenvalue weighted by molar-refractivity contribution is 5.98. The minimum absolute atomic E-state index is 0.162. The van der Waals surface area contributed by atoms with E-state index in [0.29, 0.717) is 22.4 Å². The molecular weight excluding hydrogens is 338 g/mol. The Labute approximate surface area is 157 Å². The standard InChI is InChI=1S/C23H17NO3/c1-16(25)24-20-11-5-10-19(15-20)22-18(9-6-12-21(22)23(26)27)14-13-17-7-3-2-4-8-17/h2-12,15H,1H3,(H,24,25)(H,26,27). The molecule has 132 valence electrons. The van der Waals surface area contributed by atoms with Gasteiger partial charge in [-0.3, -0.25) is 4.79 Å². The third-order valence-corrected chi connectivity index (χ3v) is 3.88. The van der Waals surface area contributed by atoms with Gasteiger partial charge in [-0.2, -0.15) is 0 Å². The summed E-state index contributed by atoms with van der Waals surface area (Å²) in [5.41, 5.74) is 3.42. The fourth-order valence-electron chi connectivity index (χ4n) is 2.76. The van der Waals surface area contributed by atoms with Gasteiger partial charge in [-0.15, -0.1) is 0 Å². The summed E-state index contributed by atoms with van der Waals surface area (Å²) in [6.45, 7) is 1.43. The zero-order valence-electron chi connectivity index (χ0n) is 14.7. The van der Waals surface area contributed by atoms with Crippen molar-refractivity contribution in [2.24, 2.45) is 0 Å². The summed E-state index contributed by atoms with van der Waals surface area (Å²) in [5, 5.41) is 12.4. The van der Waals surface area contributed by atoms with E-state index in [1.165, 1.54) is 6.92 Å². The second-order valence-corrected chi connectivity index (χ2v) is 5.91. The van der Waals surface area contributed by atoms with Crippen LogP contribution < -0.4 is 5.32 Å². The van der Waals surface area contributed by atoms with Crippen LogP contribution in [0.2, 0.25) is 0 Å². The van der Waals surface area contributed by atoms with E-state index in [-0.39, 0.29) is 11.5 Å². The number of carbonyl (C=O) groups excluding carboxylic acids is 1. The van der Waals surface area contributed by atoms with E-state index < -0.39 is 5.97 Å². The van der Waals surface area contributed by atoms with Crippen LogP contribution in [0.25, 0.3) is 11.1 Å². The molecule has 0 saturated carbocycles. The summed E-state index contributed by atoms with van der Waals surface area (Å²) in [4.78, 5) is 23.1. The van der Waals surface area contributed by atoms with E-state index in [1.807, 2.05) is 30.3 Å². The molecule has 0 bridgehead atoms. The van der Waals surface area contributed by atoms with Crippen LogP contribution in [0.4, 0.5) is 5.69 Å². The van der Waals surface area contributed by atoms with Crippen molar-refractivity contribution in [1.29, 1.82) is 0 Å². The van der Waals surface area contributed by atoms with Crippen molar-refractivity contribution in [2.75, 3.05) is 5.32 Å². The quantitative estimate of drug-likeness (QED) is 0.684. The predicted molar refractivity (Wildman–Crippen MR) is 106 cm³/mol. The van der Waals surface area contributed by atoms with Gasteiger partial charge in [0.15, 0.2) is 0 Å². The van der Waals surface area contributed by atoms with Crippen LogP contribution in [0.1, 0.15) is 28.4 Å². The summed E-state index contributed by atoms with van der Waals surface area (Å²) in [7, 11) is 0. The van der Waals surface area contributed by atoms with Gasteiger partial charge in [0.2, 0.25) is 5.91 Å². The minimum Gasteiger partial charge on any atom is -0.478 e. The third kappa shape index (κ3) is 4.42. The van der Waals surface area contributed by atoms with E-state index in [4.69, 9.17) is 0 Å². The molecule has 0 spiro atoms. The van der Waals surface area contributed by atoms with Crippen molar-refractivity contribution in [3.63, 3.8) is 0 Å². The molecule has 0 aliphatic heterocycles. The van der Waals surface area contributed by atoms with Crippen molar-refractivity contribution in [3.05, 3.63) is 89.5 Å². The highest BCUT2D eigenvalue weighted by atomic mass is 16.4. The van der Waals surface area contributed by atoms with Gasteiger partial charge in [0.1, 0.15) is 0 Å². The summed E-state index contributed by atoms with van der Waals surface area (Å²) < 4.78 is 0. The molecule has 4 heteroatoms. The van der Waals surface area contributed by atoms with Crippen LogP contribution in [-0.4, -0.2) is 17.0 Å². The first-order valence-corrected chi connectivity index (χ1v) is 8.36. The second-order valence-electron chi connectivity index (χ2n) is 5.91. The number of carboxylic acids is 1. The van der Waals surface area contributed by atoms with Gasteiger partial charge in [-0.25, -0.2) is 4.79 Å². The summed E-state index contributed by atoms with van der Waals surface area (Å²) >= 11 is 0. The van der Waals surface area contributed by atoms with Crippen molar-refractivity contribution < 1.29 is 14.7 Å². The van der Waals surface area contributed by atoms with Gasteiger partial charge in [0.05, 0.1) is 5.56 Å². The molecule has 0 unspecified atom stereocenters. The monoisotopic (exact) mass is 355 g/mol. The largest absolute Gasteiger partial charge is 0.478 e. The summed E-state index contributed by atoms with van der Waals surface area (Å²) in [5.74, 6) is 4.93. The Morgan fingerprint density at radius 2 is 1.63 bits per heavy atom. The van der Waals surface area contributed by atoms with E-state index >= 15 is 0 Å². The average Bonchev–Trinajstić information content (AvgIpc) is 2.66. The summed E-state index contributed by atoms with van der Waals surface area (Å²) in [6, 6.07) is 21.6. The Balaban J connectivity index is 2.15. The molecule has 0 aromatic heterocycles. The van der Waals surface area contributed by atoms with Crippen LogP contribution in [0, 0.1) is 11.8 Å². The van der Waals surface area contributed by atoms with E-state index in [2.05, 4.69) is 17.2 Å². The number of hydrogen-bond acceptors (Lipinski definition) is 2. The Morgan fingerprint density at radius 3 is 2.33 bits per heavy atom. The Hall–Kier alpha value is -3.84. The average molecular weight is 355 g/mol. The highest BCUT2D eigenvalue weighted by Crippen LogP contribution is 2.29. The van der Waals surface area contributed by atoms with E-state index in [9.17, 15) is 14.7 Å². The smallest absolute Gasteiger partial charge is 0.336 e. The van der Waals surface area contributed by atoms with E-state index in [1.54, 1.807) is 42.5 Å². The number of rotatable bonds is 3. The lowest BCUT2D eigenvalue weighted by atomic mass is 9.94. The molecule has 3 aromatic carbocycles. The molecule has 0 atom stereocenters. The van der Waals surface area contributed by atoms with Gasteiger partial charge < -0.3 is 10.4 Å². The number of carboxylic acid groups (broad SMARTS) is 1. The maximum absolute atomic E-state index is 11.8. The second kappa shape index (κ2) is 8.03.